The van der Waals surface area contributed by atoms with Crippen molar-refractivity contribution in [3.05, 3.63) is 36.0 Å². The van der Waals surface area contributed by atoms with Gasteiger partial charge in [-0.1, -0.05) is 0 Å². The van der Waals surface area contributed by atoms with Crippen molar-refractivity contribution in [3.8, 4) is 22.8 Å². The zero-order valence-electron chi connectivity index (χ0n) is 9.12. The number of benzene rings is 1. The van der Waals surface area contributed by atoms with Gasteiger partial charge in [0.05, 0.1) is 0 Å². The van der Waals surface area contributed by atoms with Gasteiger partial charge in [0.1, 0.15) is 13.2 Å². The number of ether oxygens (including phenoxy) is 2. The highest BCUT2D eigenvalue weighted by atomic mass is 16.6. The summed E-state index contributed by atoms with van der Waals surface area (Å²) in [5, 5.41) is 0. The van der Waals surface area contributed by atoms with Crippen molar-refractivity contribution in [2.24, 2.45) is 0 Å². The van der Waals surface area contributed by atoms with Crippen LogP contribution in [-0.2, 0) is 0 Å². The van der Waals surface area contributed by atoms with Crippen LogP contribution in [0.15, 0.2) is 30.3 Å². The van der Waals surface area contributed by atoms with E-state index in [1.54, 1.807) is 0 Å². The van der Waals surface area contributed by atoms with E-state index in [-0.39, 0.29) is 0 Å². The first-order valence-corrected chi connectivity index (χ1v) is 5.38. The maximum absolute atomic E-state index is 5.55. The molecule has 0 fully saturated rings. The van der Waals surface area contributed by atoms with Crippen LogP contribution in [0.4, 0.5) is 0 Å². The summed E-state index contributed by atoms with van der Waals surface area (Å²) < 4.78 is 11.0. The first-order chi connectivity index (χ1) is 7.83. The van der Waals surface area contributed by atoms with Crippen LogP contribution >= 0.6 is 0 Å². The molecule has 0 saturated carbocycles. The lowest BCUT2D eigenvalue weighted by atomic mass is 10.1. The largest absolute Gasteiger partial charge is 0.486 e. The minimum Gasteiger partial charge on any atom is -0.486 e. The average Bonchev–Trinajstić information content (AvgIpc) is 2.75. The molecule has 1 aliphatic heterocycles. The Hall–Kier alpha value is -1.90. The summed E-state index contributed by atoms with van der Waals surface area (Å²) in [6.45, 7) is 3.30. The van der Waals surface area contributed by atoms with Gasteiger partial charge in [-0.2, -0.15) is 0 Å². The molecule has 0 radical (unpaired) electrons. The number of H-pyrrole nitrogens is 1. The van der Waals surface area contributed by atoms with Gasteiger partial charge in [-0.25, -0.2) is 0 Å². The van der Waals surface area contributed by atoms with E-state index >= 15 is 0 Å². The van der Waals surface area contributed by atoms with Crippen LogP contribution < -0.4 is 9.47 Å². The topological polar surface area (TPSA) is 34.2 Å². The summed E-state index contributed by atoms with van der Waals surface area (Å²) in [6, 6.07) is 10.1. The van der Waals surface area contributed by atoms with Crippen molar-refractivity contribution >= 4 is 0 Å². The Morgan fingerprint density at radius 3 is 2.56 bits per heavy atom. The molecule has 1 aliphatic rings. The molecule has 1 aromatic heterocycles. The fourth-order valence-corrected chi connectivity index (χ4v) is 1.88. The summed E-state index contributed by atoms with van der Waals surface area (Å²) in [4.78, 5) is 3.30. The van der Waals surface area contributed by atoms with Gasteiger partial charge >= 0.3 is 0 Å². The van der Waals surface area contributed by atoms with Gasteiger partial charge in [-0.15, -0.1) is 0 Å². The second-order valence-electron chi connectivity index (χ2n) is 3.91. The predicted octanol–water partition coefficient (Wildman–Crippen LogP) is 2.76. The summed E-state index contributed by atoms with van der Waals surface area (Å²) >= 11 is 0. The summed E-state index contributed by atoms with van der Waals surface area (Å²) in [7, 11) is 0. The number of aryl methyl sites for hydroxylation is 1. The number of hydrogen-bond donors (Lipinski definition) is 1. The lowest BCUT2D eigenvalue weighted by Gasteiger charge is -2.18. The van der Waals surface area contributed by atoms with Crippen molar-refractivity contribution in [1.82, 2.24) is 4.98 Å². The highest BCUT2D eigenvalue weighted by Gasteiger charge is 2.12. The van der Waals surface area contributed by atoms with Crippen LogP contribution in [0.5, 0.6) is 11.5 Å². The van der Waals surface area contributed by atoms with Gasteiger partial charge in [0.25, 0.3) is 0 Å². The van der Waals surface area contributed by atoms with Gasteiger partial charge in [0.15, 0.2) is 11.5 Å². The van der Waals surface area contributed by atoms with Crippen molar-refractivity contribution in [1.29, 1.82) is 0 Å². The normalized spacial score (nSPS) is 13.8. The fraction of sp³-hybridized carbons (Fsp3) is 0.231. The van der Waals surface area contributed by atoms with Crippen molar-refractivity contribution in [3.63, 3.8) is 0 Å². The molecule has 0 spiro atoms. The van der Waals surface area contributed by atoms with Crippen molar-refractivity contribution in [2.75, 3.05) is 13.2 Å². The first kappa shape index (κ1) is 9.33. The molecule has 3 nitrogen and oxygen atoms in total. The number of nitrogens with one attached hydrogen (secondary N) is 1. The summed E-state index contributed by atoms with van der Waals surface area (Å²) in [5.41, 5.74) is 3.39. The van der Waals surface area contributed by atoms with Crippen molar-refractivity contribution in [2.45, 2.75) is 6.92 Å². The molecule has 0 atom stereocenters. The Balaban J connectivity index is 2.02. The van der Waals surface area contributed by atoms with E-state index in [2.05, 4.69) is 17.1 Å². The van der Waals surface area contributed by atoms with Crippen LogP contribution in [-0.4, -0.2) is 18.2 Å². The molecule has 3 heteroatoms. The van der Waals surface area contributed by atoms with Gasteiger partial charge in [0.2, 0.25) is 0 Å². The monoisotopic (exact) mass is 215 g/mol. The van der Waals surface area contributed by atoms with Crippen LogP contribution in [0, 0.1) is 6.92 Å². The first-order valence-electron chi connectivity index (χ1n) is 5.38. The average molecular weight is 215 g/mol. The number of aromatic nitrogens is 1. The second-order valence-corrected chi connectivity index (χ2v) is 3.91. The van der Waals surface area contributed by atoms with E-state index in [1.807, 2.05) is 25.1 Å². The second kappa shape index (κ2) is 3.59. The zero-order chi connectivity index (χ0) is 11.0. The van der Waals surface area contributed by atoms with E-state index in [0.717, 1.165) is 28.5 Å². The maximum Gasteiger partial charge on any atom is 0.162 e. The molecule has 0 unspecified atom stereocenters. The summed E-state index contributed by atoms with van der Waals surface area (Å²) in [5.74, 6) is 1.66. The van der Waals surface area contributed by atoms with Crippen LogP contribution in [0.25, 0.3) is 11.3 Å². The Bertz CT molecular complexity index is 516. The fourth-order valence-electron chi connectivity index (χ4n) is 1.88. The summed E-state index contributed by atoms with van der Waals surface area (Å²) in [6.07, 6.45) is 0. The lowest BCUT2D eigenvalue weighted by Crippen LogP contribution is -2.15. The molecule has 2 heterocycles. The highest BCUT2D eigenvalue weighted by Crippen LogP contribution is 2.34. The zero-order valence-corrected chi connectivity index (χ0v) is 9.12. The Morgan fingerprint density at radius 2 is 1.81 bits per heavy atom. The van der Waals surface area contributed by atoms with Gasteiger partial charge < -0.3 is 14.5 Å². The standard InChI is InChI=1S/C13H13NO2/c1-9-2-4-11(14-9)10-3-5-12-13(8-10)16-7-6-15-12/h2-5,8,14H,6-7H2,1H3. The third-order valence-electron chi connectivity index (χ3n) is 2.69. The van der Waals surface area contributed by atoms with Crippen LogP contribution in [0.2, 0.25) is 0 Å². The molecule has 3 rings (SSSR count). The van der Waals surface area contributed by atoms with E-state index in [1.165, 1.54) is 0 Å². The van der Waals surface area contributed by atoms with Crippen LogP contribution in [0.3, 0.4) is 0 Å². The third-order valence-corrected chi connectivity index (χ3v) is 2.69. The Labute approximate surface area is 94.0 Å². The Kier molecular flexibility index (Phi) is 2.10. The molecule has 16 heavy (non-hydrogen) atoms. The molecule has 1 N–H and O–H groups in total. The molecule has 82 valence electrons. The lowest BCUT2D eigenvalue weighted by molar-refractivity contribution is 0.171. The van der Waals surface area contributed by atoms with E-state index in [0.29, 0.717) is 13.2 Å². The molecular weight excluding hydrogens is 202 g/mol. The predicted molar refractivity (Wildman–Crippen MR) is 62.0 cm³/mol. The SMILES string of the molecule is Cc1ccc(-c2ccc3c(c2)OCCO3)[nH]1. The number of rotatable bonds is 1. The van der Waals surface area contributed by atoms with Crippen molar-refractivity contribution < 1.29 is 9.47 Å². The quantitative estimate of drug-likeness (QED) is 0.793. The smallest absolute Gasteiger partial charge is 0.162 e. The molecular formula is C13H13NO2. The Morgan fingerprint density at radius 1 is 1.00 bits per heavy atom. The van der Waals surface area contributed by atoms with Gasteiger partial charge in [-0.05, 0) is 37.3 Å². The van der Waals surface area contributed by atoms with E-state index in [9.17, 15) is 0 Å². The van der Waals surface area contributed by atoms with Gasteiger partial charge in [0, 0.05) is 17.0 Å². The minimum absolute atomic E-state index is 0.625. The van der Waals surface area contributed by atoms with E-state index < -0.39 is 0 Å². The molecule has 2 aromatic rings. The van der Waals surface area contributed by atoms with Crippen LogP contribution in [0.1, 0.15) is 5.69 Å². The highest BCUT2D eigenvalue weighted by molar-refractivity contribution is 5.64. The number of aromatic amines is 1. The molecule has 0 amide bonds. The minimum atomic E-state index is 0.625. The van der Waals surface area contributed by atoms with Gasteiger partial charge in [-0.3, -0.25) is 0 Å². The van der Waals surface area contributed by atoms with E-state index in [4.69, 9.17) is 9.47 Å². The maximum atomic E-state index is 5.55. The molecule has 0 saturated heterocycles. The third kappa shape index (κ3) is 1.54. The molecule has 1 aromatic carbocycles. The number of fused-ring (bicyclic) bond motifs is 1. The molecule has 0 bridgehead atoms. The molecule has 0 aliphatic carbocycles. The number of hydrogen-bond acceptors (Lipinski definition) is 2.